The number of hydrogen-bond acceptors (Lipinski definition) is 6. The molecule has 0 aliphatic heterocycles. The van der Waals surface area contributed by atoms with Gasteiger partial charge in [-0.05, 0) is 73.1 Å². The van der Waals surface area contributed by atoms with Crippen molar-refractivity contribution in [3.63, 3.8) is 0 Å². The van der Waals surface area contributed by atoms with Crippen LogP contribution >= 0.6 is 23.1 Å². The Kier molecular flexibility index (Phi) is 10.7. The summed E-state index contributed by atoms with van der Waals surface area (Å²) in [4.78, 5) is 40.1. The molecule has 204 valence electrons. The number of carbonyl (C=O) groups excluding carboxylic acids is 3. The van der Waals surface area contributed by atoms with Gasteiger partial charge in [0, 0.05) is 22.1 Å². The summed E-state index contributed by atoms with van der Waals surface area (Å²) in [5, 5.41) is 6.12. The second kappa shape index (κ2) is 13.7. The lowest BCUT2D eigenvalue weighted by Gasteiger charge is -2.31. The third-order valence-corrected chi connectivity index (χ3v) is 8.29. The summed E-state index contributed by atoms with van der Waals surface area (Å²) in [5.41, 5.74) is 1.94. The number of thiophene rings is 1. The number of methoxy groups -OCH3 is 1. The van der Waals surface area contributed by atoms with E-state index in [2.05, 4.69) is 18.8 Å². The highest BCUT2D eigenvalue weighted by Crippen LogP contribution is 2.40. The third-order valence-electron chi connectivity index (χ3n) is 6.45. The van der Waals surface area contributed by atoms with Crippen molar-refractivity contribution in [1.82, 2.24) is 0 Å². The average Bonchev–Trinajstić information content (AvgIpc) is 3.35. The van der Waals surface area contributed by atoms with Crippen LogP contribution in [0.15, 0.2) is 53.3 Å². The normalized spacial score (nSPS) is 17.7. The van der Waals surface area contributed by atoms with Crippen molar-refractivity contribution >= 4 is 52.3 Å². The van der Waals surface area contributed by atoms with Crippen LogP contribution in [0.2, 0.25) is 0 Å². The van der Waals surface area contributed by atoms with Gasteiger partial charge in [-0.25, -0.2) is 13.6 Å². The molecule has 1 aliphatic carbocycles. The van der Waals surface area contributed by atoms with Gasteiger partial charge in [0.1, 0.15) is 4.88 Å². The molecule has 0 radical (unpaired) electrons. The lowest BCUT2D eigenvalue weighted by atomic mass is 9.82. The van der Waals surface area contributed by atoms with Gasteiger partial charge in [0.25, 0.3) is 12.3 Å². The highest BCUT2D eigenvalue weighted by atomic mass is 32.2. The minimum atomic E-state index is -2.76. The molecule has 0 unspecified atom stereocenters. The lowest BCUT2D eigenvalue weighted by Crippen LogP contribution is -2.41. The largest absolute Gasteiger partial charge is 0.465 e. The zero-order chi connectivity index (χ0) is 27.8. The van der Waals surface area contributed by atoms with Crippen molar-refractivity contribution in [2.45, 2.75) is 46.0 Å². The molecule has 2 aromatic rings. The Morgan fingerprint density at radius 3 is 2.45 bits per heavy atom. The zero-order valence-electron chi connectivity index (χ0n) is 21.7. The van der Waals surface area contributed by atoms with Gasteiger partial charge >= 0.3 is 5.97 Å². The molecule has 0 saturated heterocycles. The molecule has 0 atom stereocenters. The molecule has 10 heteroatoms. The van der Waals surface area contributed by atoms with Crippen molar-refractivity contribution in [2.24, 2.45) is 11.8 Å². The van der Waals surface area contributed by atoms with Gasteiger partial charge < -0.3 is 15.0 Å². The second-order valence-electron chi connectivity index (χ2n) is 9.25. The van der Waals surface area contributed by atoms with E-state index in [9.17, 15) is 23.2 Å². The average molecular weight is 563 g/mol. The minimum absolute atomic E-state index is 0.0959. The molecule has 1 aromatic heterocycles. The number of amides is 2. The number of thioether (sulfide) groups is 1. The van der Waals surface area contributed by atoms with Gasteiger partial charge in [-0.15, -0.1) is 23.1 Å². The van der Waals surface area contributed by atoms with Gasteiger partial charge in [-0.1, -0.05) is 25.6 Å². The van der Waals surface area contributed by atoms with E-state index in [4.69, 9.17) is 4.74 Å². The van der Waals surface area contributed by atoms with E-state index >= 15 is 0 Å². The molecular weight excluding hydrogens is 530 g/mol. The van der Waals surface area contributed by atoms with Gasteiger partial charge in [0.2, 0.25) is 5.91 Å². The predicted octanol–water partition coefficient (Wildman–Crippen LogP) is 7.35. The quantitative estimate of drug-likeness (QED) is 0.242. The Hall–Kier alpha value is -2.98. The molecular formula is C28H32F2N2O4S2. The van der Waals surface area contributed by atoms with Crippen molar-refractivity contribution in [3.8, 4) is 10.4 Å². The van der Waals surface area contributed by atoms with Crippen molar-refractivity contribution < 1.29 is 27.9 Å². The maximum absolute atomic E-state index is 13.6. The molecule has 38 heavy (non-hydrogen) atoms. The Bertz CT molecular complexity index is 1190. The van der Waals surface area contributed by atoms with Gasteiger partial charge in [0.05, 0.1) is 19.3 Å². The number of ether oxygens (including phenoxy) is 1. The fraction of sp³-hybridized carbons (Fsp3) is 0.393. The van der Waals surface area contributed by atoms with Gasteiger partial charge in [0.15, 0.2) is 0 Å². The summed E-state index contributed by atoms with van der Waals surface area (Å²) >= 11 is 2.39. The maximum atomic E-state index is 13.6. The first kappa shape index (κ1) is 29.6. The van der Waals surface area contributed by atoms with Crippen LogP contribution in [-0.2, 0) is 14.3 Å². The first-order valence-corrected chi connectivity index (χ1v) is 14.1. The van der Waals surface area contributed by atoms with Crippen molar-refractivity contribution in [3.05, 3.63) is 58.2 Å². The number of benzene rings is 1. The third kappa shape index (κ3) is 7.54. The smallest absolute Gasteiger partial charge is 0.350 e. The van der Waals surface area contributed by atoms with Crippen LogP contribution in [-0.4, -0.2) is 37.9 Å². The molecule has 1 saturated carbocycles. The summed E-state index contributed by atoms with van der Waals surface area (Å²) in [6.07, 6.45) is 0.239. The standard InChI is InChI=1S/C28H32F2N2O4S2/c1-5-37-16-18(3)26(33)31-21-12-10-19(11-13-21)23-14-22(25(38-23)28(35)36-4)32(15-24(29)30)27(34)20-8-6-17(2)7-9-20/h5,10-14,16-17,20,24H,1,6-9,15H2,2-4H3,(H,31,33)/b18-16+/t17-,20-. The lowest BCUT2D eigenvalue weighted by molar-refractivity contribution is -0.124. The predicted molar refractivity (Wildman–Crippen MR) is 151 cm³/mol. The SMILES string of the molecule is C=CS/C=C(\C)C(=O)Nc1ccc(-c2cc(N(CC(F)F)C(=O)[C@H]3CC[C@H](C)CC3)c(C(=O)OC)s2)cc1. The molecule has 2 amide bonds. The summed E-state index contributed by atoms with van der Waals surface area (Å²) in [7, 11) is 1.22. The summed E-state index contributed by atoms with van der Waals surface area (Å²) < 4.78 is 32.2. The van der Waals surface area contributed by atoms with Gasteiger partial charge in [-0.2, -0.15) is 0 Å². The Morgan fingerprint density at radius 2 is 1.87 bits per heavy atom. The van der Waals surface area contributed by atoms with E-state index in [1.54, 1.807) is 48.1 Å². The summed E-state index contributed by atoms with van der Waals surface area (Å²) in [6, 6.07) is 8.53. The first-order chi connectivity index (χ1) is 18.1. The van der Waals surface area contributed by atoms with Crippen LogP contribution in [0.25, 0.3) is 10.4 Å². The Labute approximate surface area is 230 Å². The molecule has 1 fully saturated rings. The van der Waals surface area contributed by atoms with Crippen LogP contribution < -0.4 is 10.2 Å². The number of halogens is 2. The molecule has 0 bridgehead atoms. The van der Waals surface area contributed by atoms with Crippen LogP contribution in [0.5, 0.6) is 0 Å². The molecule has 1 N–H and O–H groups in total. The number of nitrogens with zero attached hydrogens (tertiary/aromatic N) is 1. The van der Waals surface area contributed by atoms with Crippen LogP contribution in [0.1, 0.15) is 49.2 Å². The second-order valence-corrected chi connectivity index (χ2v) is 11.1. The fourth-order valence-electron chi connectivity index (χ4n) is 4.29. The molecule has 1 heterocycles. The zero-order valence-corrected chi connectivity index (χ0v) is 23.3. The van der Waals surface area contributed by atoms with Crippen molar-refractivity contribution in [1.29, 1.82) is 0 Å². The van der Waals surface area contributed by atoms with E-state index in [0.717, 1.165) is 29.1 Å². The maximum Gasteiger partial charge on any atom is 0.350 e. The van der Waals surface area contributed by atoms with Crippen LogP contribution in [0.4, 0.5) is 20.2 Å². The highest BCUT2D eigenvalue weighted by molar-refractivity contribution is 8.04. The monoisotopic (exact) mass is 562 g/mol. The van der Waals surface area contributed by atoms with E-state index in [-0.39, 0.29) is 28.3 Å². The molecule has 0 spiro atoms. The Balaban J connectivity index is 1.91. The van der Waals surface area contributed by atoms with Crippen LogP contribution in [0.3, 0.4) is 0 Å². The Morgan fingerprint density at radius 1 is 1.21 bits per heavy atom. The van der Waals surface area contributed by atoms with E-state index < -0.39 is 18.9 Å². The topological polar surface area (TPSA) is 75.7 Å². The molecule has 6 nitrogen and oxygen atoms in total. The van der Waals surface area contributed by atoms with E-state index in [1.165, 1.54) is 18.9 Å². The number of esters is 1. The number of nitrogens with one attached hydrogen (secondary N) is 1. The van der Waals surface area contributed by atoms with Gasteiger partial charge in [-0.3, -0.25) is 9.59 Å². The van der Waals surface area contributed by atoms with E-state index in [1.807, 2.05) is 0 Å². The van der Waals surface area contributed by atoms with Crippen LogP contribution in [0, 0.1) is 11.8 Å². The van der Waals surface area contributed by atoms with Crippen molar-refractivity contribution in [2.75, 3.05) is 23.9 Å². The summed E-state index contributed by atoms with van der Waals surface area (Å²) in [6.45, 7) is 6.62. The fourth-order valence-corrected chi connectivity index (χ4v) is 5.78. The minimum Gasteiger partial charge on any atom is -0.465 e. The number of alkyl halides is 2. The number of hydrogen-bond donors (Lipinski definition) is 1. The molecule has 1 aromatic carbocycles. The number of rotatable bonds is 10. The summed E-state index contributed by atoms with van der Waals surface area (Å²) in [5.74, 6) is -1.19. The molecule has 3 rings (SSSR count). The first-order valence-electron chi connectivity index (χ1n) is 12.3. The molecule has 1 aliphatic rings. The number of anilines is 2. The number of carbonyl (C=O) groups is 3. The van der Waals surface area contributed by atoms with E-state index in [0.29, 0.717) is 40.5 Å². The highest BCUT2D eigenvalue weighted by Gasteiger charge is 2.33.